The average molecular weight is 369 g/mol. The van der Waals surface area contributed by atoms with Crippen molar-refractivity contribution in [2.75, 3.05) is 13.6 Å². The highest BCUT2D eigenvalue weighted by Gasteiger charge is 2.47. The van der Waals surface area contributed by atoms with Crippen molar-refractivity contribution in [3.63, 3.8) is 0 Å². The van der Waals surface area contributed by atoms with Crippen LogP contribution >= 0.6 is 0 Å². The first-order valence-electron chi connectivity index (χ1n) is 10.3. The van der Waals surface area contributed by atoms with E-state index in [2.05, 4.69) is 22.6 Å². The summed E-state index contributed by atoms with van der Waals surface area (Å²) >= 11 is 0. The molecule has 2 aromatic rings. The molecule has 2 aliphatic heterocycles. The highest BCUT2D eigenvalue weighted by molar-refractivity contribution is 5.84. The van der Waals surface area contributed by atoms with Gasteiger partial charge in [-0.15, -0.1) is 0 Å². The maximum Gasteiger partial charge on any atom is 0.224 e. The Bertz CT molecular complexity index is 891. The quantitative estimate of drug-likeness (QED) is 0.804. The molecule has 1 aromatic heterocycles. The standard InChI is InChI=1S/C22H28FN3O/c1-14-6-7-18(23)17-8-10-26(22(14)17)16-5-3-4-15(12-16)25-11-9-19-20(25)13-21(27)24(19)2/h6-8,10,15-16,19-20H,3-5,9,11-13H2,1-2H3/t15-,16+,19+,20+/m0/s1. The van der Waals surface area contributed by atoms with Gasteiger partial charge in [-0.25, -0.2) is 4.39 Å². The summed E-state index contributed by atoms with van der Waals surface area (Å²) in [6, 6.07) is 7.13. The number of hydrogen-bond donors (Lipinski definition) is 0. The minimum absolute atomic E-state index is 0.128. The zero-order valence-corrected chi connectivity index (χ0v) is 16.2. The van der Waals surface area contributed by atoms with Crippen LogP contribution in [0.3, 0.4) is 0 Å². The smallest absolute Gasteiger partial charge is 0.224 e. The summed E-state index contributed by atoms with van der Waals surface area (Å²) in [6.07, 6.45) is 8.51. The van der Waals surface area contributed by atoms with Crippen molar-refractivity contribution in [3.8, 4) is 0 Å². The van der Waals surface area contributed by atoms with Crippen LogP contribution in [0, 0.1) is 12.7 Å². The second-order valence-corrected chi connectivity index (χ2v) is 8.69. The summed E-state index contributed by atoms with van der Waals surface area (Å²) in [4.78, 5) is 16.7. The molecule has 3 fully saturated rings. The molecule has 0 unspecified atom stereocenters. The Balaban J connectivity index is 1.41. The number of carbonyl (C=O) groups excluding carboxylic acids is 1. The van der Waals surface area contributed by atoms with Crippen molar-refractivity contribution in [2.45, 2.75) is 69.6 Å². The monoisotopic (exact) mass is 369 g/mol. The molecule has 4 atom stereocenters. The van der Waals surface area contributed by atoms with Gasteiger partial charge in [0.15, 0.2) is 0 Å². The highest BCUT2D eigenvalue weighted by Crippen LogP contribution is 2.40. The molecule has 1 aromatic carbocycles. The van der Waals surface area contributed by atoms with Gasteiger partial charge in [0, 0.05) is 55.8 Å². The molecule has 1 amide bonds. The fraction of sp³-hybridized carbons (Fsp3) is 0.591. The molecular weight excluding hydrogens is 341 g/mol. The molecule has 5 rings (SSSR count). The summed E-state index contributed by atoms with van der Waals surface area (Å²) < 4.78 is 16.6. The molecular formula is C22H28FN3O. The third kappa shape index (κ3) is 2.62. The first-order chi connectivity index (χ1) is 13.0. The number of nitrogens with zero attached hydrogens (tertiary/aromatic N) is 3. The van der Waals surface area contributed by atoms with Crippen LogP contribution in [-0.2, 0) is 4.79 Å². The SMILES string of the molecule is Cc1ccc(F)c2ccn([C@@H]3CCC[C@H](N4CC[C@@H]5[C@H]4CC(=O)N5C)C3)c12. The molecule has 2 saturated heterocycles. The number of aromatic nitrogens is 1. The Kier molecular flexibility index (Phi) is 4.04. The van der Waals surface area contributed by atoms with Gasteiger partial charge in [0.05, 0.1) is 5.52 Å². The molecule has 0 radical (unpaired) electrons. The van der Waals surface area contributed by atoms with Gasteiger partial charge in [0.2, 0.25) is 5.91 Å². The lowest BCUT2D eigenvalue weighted by Gasteiger charge is -2.38. The van der Waals surface area contributed by atoms with E-state index in [0.717, 1.165) is 42.3 Å². The predicted octanol–water partition coefficient (Wildman–Crippen LogP) is 3.88. The van der Waals surface area contributed by atoms with Gasteiger partial charge >= 0.3 is 0 Å². The van der Waals surface area contributed by atoms with E-state index in [1.54, 1.807) is 6.07 Å². The van der Waals surface area contributed by atoms with Crippen LogP contribution in [0.1, 0.15) is 50.1 Å². The fourth-order valence-corrected chi connectivity index (χ4v) is 5.95. The number of aryl methyl sites for hydroxylation is 1. The van der Waals surface area contributed by atoms with Gasteiger partial charge in [0.1, 0.15) is 5.82 Å². The van der Waals surface area contributed by atoms with Crippen LogP contribution in [0.15, 0.2) is 24.4 Å². The number of hydrogen-bond acceptors (Lipinski definition) is 2. The lowest BCUT2D eigenvalue weighted by atomic mass is 9.89. The highest BCUT2D eigenvalue weighted by atomic mass is 19.1. The van der Waals surface area contributed by atoms with Gasteiger partial charge < -0.3 is 9.47 Å². The molecule has 5 heteroatoms. The number of rotatable bonds is 2. The summed E-state index contributed by atoms with van der Waals surface area (Å²) in [5.74, 6) is 0.168. The predicted molar refractivity (Wildman–Crippen MR) is 104 cm³/mol. The van der Waals surface area contributed by atoms with Crippen molar-refractivity contribution in [1.82, 2.24) is 14.4 Å². The Morgan fingerprint density at radius 1 is 1.07 bits per heavy atom. The zero-order valence-electron chi connectivity index (χ0n) is 16.2. The number of likely N-dealkylation sites (N-methyl/N-ethyl adjacent to an activating group) is 1. The van der Waals surface area contributed by atoms with Crippen molar-refractivity contribution < 1.29 is 9.18 Å². The van der Waals surface area contributed by atoms with Crippen LogP contribution in [-0.4, -0.2) is 52.0 Å². The van der Waals surface area contributed by atoms with E-state index in [0.29, 0.717) is 36.5 Å². The lowest BCUT2D eigenvalue weighted by Crippen LogP contribution is -2.44. The summed E-state index contributed by atoms with van der Waals surface area (Å²) in [5.41, 5.74) is 2.19. The van der Waals surface area contributed by atoms with E-state index in [1.165, 1.54) is 12.8 Å². The maximum atomic E-state index is 14.2. The van der Waals surface area contributed by atoms with Crippen LogP contribution in [0.4, 0.5) is 4.39 Å². The molecule has 27 heavy (non-hydrogen) atoms. The summed E-state index contributed by atoms with van der Waals surface area (Å²) in [5, 5.41) is 0.737. The Morgan fingerprint density at radius 3 is 2.74 bits per heavy atom. The second-order valence-electron chi connectivity index (χ2n) is 8.69. The van der Waals surface area contributed by atoms with E-state index >= 15 is 0 Å². The minimum atomic E-state index is -0.128. The summed E-state index contributed by atoms with van der Waals surface area (Å²) in [6.45, 7) is 3.17. The van der Waals surface area contributed by atoms with Crippen molar-refractivity contribution >= 4 is 16.8 Å². The summed E-state index contributed by atoms with van der Waals surface area (Å²) in [7, 11) is 1.96. The topological polar surface area (TPSA) is 28.5 Å². The fourth-order valence-electron chi connectivity index (χ4n) is 5.95. The van der Waals surface area contributed by atoms with Crippen molar-refractivity contribution in [1.29, 1.82) is 0 Å². The molecule has 0 bridgehead atoms. The second kappa shape index (κ2) is 6.33. The van der Waals surface area contributed by atoms with E-state index in [-0.39, 0.29) is 5.82 Å². The lowest BCUT2D eigenvalue weighted by molar-refractivity contribution is -0.127. The Labute approximate surface area is 159 Å². The number of fused-ring (bicyclic) bond motifs is 2. The molecule has 3 heterocycles. The van der Waals surface area contributed by atoms with Crippen LogP contribution in [0.25, 0.3) is 10.9 Å². The van der Waals surface area contributed by atoms with E-state index in [9.17, 15) is 9.18 Å². The van der Waals surface area contributed by atoms with Gasteiger partial charge in [0.25, 0.3) is 0 Å². The van der Waals surface area contributed by atoms with E-state index in [1.807, 2.05) is 24.1 Å². The normalized spacial score (nSPS) is 31.8. The number of benzene rings is 1. The first kappa shape index (κ1) is 17.2. The van der Waals surface area contributed by atoms with Gasteiger partial charge in [-0.1, -0.05) is 6.07 Å². The average Bonchev–Trinajstić information content (AvgIpc) is 3.35. The molecule has 3 aliphatic rings. The third-order valence-corrected chi connectivity index (χ3v) is 7.33. The van der Waals surface area contributed by atoms with Crippen LogP contribution < -0.4 is 0 Å². The van der Waals surface area contributed by atoms with Gasteiger partial charge in [-0.3, -0.25) is 9.69 Å². The third-order valence-electron chi connectivity index (χ3n) is 7.33. The Morgan fingerprint density at radius 2 is 1.89 bits per heavy atom. The molecule has 144 valence electrons. The number of halogens is 1. The largest absolute Gasteiger partial charge is 0.344 e. The van der Waals surface area contributed by atoms with Crippen LogP contribution in [0.5, 0.6) is 0 Å². The molecule has 0 spiro atoms. The Hall–Kier alpha value is -1.88. The molecule has 0 N–H and O–H groups in total. The maximum absolute atomic E-state index is 14.2. The zero-order chi connectivity index (χ0) is 18.7. The van der Waals surface area contributed by atoms with E-state index < -0.39 is 0 Å². The first-order valence-corrected chi connectivity index (χ1v) is 10.3. The van der Waals surface area contributed by atoms with Crippen molar-refractivity contribution in [2.24, 2.45) is 0 Å². The van der Waals surface area contributed by atoms with Gasteiger partial charge in [-0.2, -0.15) is 0 Å². The number of carbonyl (C=O) groups is 1. The van der Waals surface area contributed by atoms with E-state index in [4.69, 9.17) is 0 Å². The minimum Gasteiger partial charge on any atom is -0.344 e. The number of likely N-dealkylation sites (tertiary alicyclic amines) is 2. The number of amides is 1. The van der Waals surface area contributed by atoms with Gasteiger partial charge in [-0.05, 0) is 56.7 Å². The van der Waals surface area contributed by atoms with Crippen molar-refractivity contribution in [3.05, 3.63) is 35.8 Å². The molecule has 4 nitrogen and oxygen atoms in total. The molecule has 1 saturated carbocycles. The molecule has 1 aliphatic carbocycles. The van der Waals surface area contributed by atoms with Crippen LogP contribution in [0.2, 0.25) is 0 Å².